The Morgan fingerprint density at radius 3 is 2.62 bits per heavy atom. The molecule has 2 atom stereocenters. The maximum atomic E-state index is 12.6. The Morgan fingerprint density at radius 1 is 1.29 bits per heavy atom. The Bertz CT molecular complexity index is 329. The van der Waals surface area contributed by atoms with Crippen LogP contribution in [0.25, 0.3) is 0 Å². The zero-order valence-electron chi connectivity index (χ0n) is 13.8. The van der Waals surface area contributed by atoms with E-state index >= 15 is 0 Å². The molecule has 0 aliphatic carbocycles. The first-order valence-electron chi connectivity index (χ1n) is 8.50. The van der Waals surface area contributed by atoms with Gasteiger partial charge in [-0.1, -0.05) is 33.6 Å². The molecule has 0 spiro atoms. The van der Waals surface area contributed by atoms with Crippen molar-refractivity contribution in [2.24, 2.45) is 5.92 Å². The average molecular weight is 297 g/mol. The molecule has 0 aromatic rings. The highest BCUT2D eigenvalue weighted by molar-refractivity contribution is 5.84. The molecule has 2 fully saturated rings. The molecule has 0 bridgehead atoms. The zero-order chi connectivity index (χ0) is 15.2. The van der Waals surface area contributed by atoms with Crippen molar-refractivity contribution < 1.29 is 9.53 Å². The van der Waals surface area contributed by atoms with E-state index in [2.05, 4.69) is 35.9 Å². The summed E-state index contributed by atoms with van der Waals surface area (Å²) in [6.45, 7) is 12.0. The number of carbonyl (C=O) groups excluding carboxylic acids is 1. The van der Waals surface area contributed by atoms with Gasteiger partial charge in [-0.15, -0.1) is 0 Å². The van der Waals surface area contributed by atoms with Gasteiger partial charge in [0, 0.05) is 26.2 Å². The van der Waals surface area contributed by atoms with E-state index < -0.39 is 0 Å². The standard InChI is InChI=1S/C16H31N3O2/c1-4-5-6-14-16(20)19(15(17-14)13(2)3)8-7-18-9-11-21-12-10-18/h13-15,17H,4-12H2,1-3H3. The monoisotopic (exact) mass is 297 g/mol. The predicted octanol–water partition coefficient (Wildman–Crippen LogP) is 1.29. The number of amides is 1. The second-order valence-electron chi connectivity index (χ2n) is 6.54. The summed E-state index contributed by atoms with van der Waals surface area (Å²) in [7, 11) is 0. The second-order valence-corrected chi connectivity index (χ2v) is 6.54. The Hall–Kier alpha value is -0.650. The van der Waals surface area contributed by atoms with Crippen LogP contribution in [0, 0.1) is 5.92 Å². The fourth-order valence-electron chi connectivity index (χ4n) is 3.20. The van der Waals surface area contributed by atoms with Gasteiger partial charge in [0.15, 0.2) is 0 Å². The normalized spacial score (nSPS) is 27.8. The summed E-state index contributed by atoms with van der Waals surface area (Å²) in [6.07, 6.45) is 3.42. The predicted molar refractivity (Wildman–Crippen MR) is 84.0 cm³/mol. The number of unbranched alkanes of at least 4 members (excludes halogenated alkanes) is 1. The molecular formula is C16H31N3O2. The molecule has 0 aromatic heterocycles. The van der Waals surface area contributed by atoms with Crippen molar-refractivity contribution in [2.75, 3.05) is 39.4 Å². The number of rotatable bonds is 7. The lowest BCUT2D eigenvalue weighted by molar-refractivity contribution is -0.131. The van der Waals surface area contributed by atoms with E-state index in [4.69, 9.17) is 4.74 Å². The van der Waals surface area contributed by atoms with Crippen LogP contribution in [0.1, 0.15) is 40.0 Å². The zero-order valence-corrected chi connectivity index (χ0v) is 13.8. The Balaban J connectivity index is 1.89. The Labute approximate surface area is 129 Å². The fourth-order valence-corrected chi connectivity index (χ4v) is 3.20. The highest BCUT2D eigenvalue weighted by atomic mass is 16.5. The summed E-state index contributed by atoms with van der Waals surface area (Å²) in [5.74, 6) is 0.751. The molecule has 0 radical (unpaired) electrons. The van der Waals surface area contributed by atoms with Gasteiger partial charge in [-0.05, 0) is 12.3 Å². The molecular weight excluding hydrogens is 266 g/mol. The third-order valence-electron chi connectivity index (χ3n) is 4.53. The smallest absolute Gasteiger partial charge is 0.241 e. The van der Waals surface area contributed by atoms with E-state index in [-0.39, 0.29) is 12.2 Å². The number of hydrogen-bond acceptors (Lipinski definition) is 4. The molecule has 1 amide bonds. The first-order valence-corrected chi connectivity index (χ1v) is 8.50. The molecule has 0 aromatic carbocycles. The molecule has 2 aliphatic heterocycles. The van der Waals surface area contributed by atoms with Gasteiger partial charge in [-0.25, -0.2) is 0 Å². The summed E-state index contributed by atoms with van der Waals surface area (Å²) in [6, 6.07) is 0.0297. The van der Waals surface area contributed by atoms with Crippen molar-refractivity contribution in [2.45, 2.75) is 52.2 Å². The fraction of sp³-hybridized carbons (Fsp3) is 0.938. The van der Waals surface area contributed by atoms with Crippen LogP contribution in [-0.2, 0) is 9.53 Å². The van der Waals surface area contributed by atoms with Crippen LogP contribution in [0.4, 0.5) is 0 Å². The number of nitrogens with zero attached hydrogens (tertiary/aromatic N) is 2. The minimum atomic E-state index is 0.0297. The van der Waals surface area contributed by atoms with Gasteiger partial charge in [0.25, 0.3) is 0 Å². The van der Waals surface area contributed by atoms with Crippen LogP contribution >= 0.6 is 0 Å². The first-order chi connectivity index (χ1) is 10.1. The highest BCUT2D eigenvalue weighted by Crippen LogP contribution is 2.20. The van der Waals surface area contributed by atoms with Crippen LogP contribution in [0.3, 0.4) is 0 Å². The van der Waals surface area contributed by atoms with E-state index in [0.29, 0.717) is 11.8 Å². The maximum Gasteiger partial charge on any atom is 0.241 e. The molecule has 122 valence electrons. The number of hydrogen-bond donors (Lipinski definition) is 1. The Morgan fingerprint density at radius 2 is 2.00 bits per heavy atom. The summed E-state index contributed by atoms with van der Waals surface area (Å²) in [5.41, 5.74) is 0. The largest absolute Gasteiger partial charge is 0.379 e. The van der Waals surface area contributed by atoms with E-state index in [0.717, 1.165) is 58.7 Å². The first kappa shape index (κ1) is 16.7. The molecule has 2 aliphatic rings. The molecule has 2 saturated heterocycles. The van der Waals surface area contributed by atoms with E-state index in [9.17, 15) is 4.79 Å². The number of carbonyl (C=O) groups is 1. The summed E-state index contributed by atoms with van der Waals surface area (Å²) >= 11 is 0. The lowest BCUT2D eigenvalue weighted by atomic mass is 10.1. The minimum Gasteiger partial charge on any atom is -0.379 e. The van der Waals surface area contributed by atoms with Gasteiger partial charge in [0.2, 0.25) is 5.91 Å². The number of nitrogens with one attached hydrogen (secondary N) is 1. The topological polar surface area (TPSA) is 44.8 Å². The summed E-state index contributed by atoms with van der Waals surface area (Å²) < 4.78 is 5.38. The Kier molecular flexibility index (Phi) is 6.45. The molecule has 2 heterocycles. The quantitative estimate of drug-likeness (QED) is 0.769. The average Bonchev–Trinajstić information content (AvgIpc) is 2.81. The van der Waals surface area contributed by atoms with Crippen molar-refractivity contribution in [1.82, 2.24) is 15.1 Å². The van der Waals surface area contributed by atoms with Crippen molar-refractivity contribution >= 4 is 5.91 Å². The molecule has 21 heavy (non-hydrogen) atoms. The third kappa shape index (κ3) is 4.41. The van der Waals surface area contributed by atoms with Crippen molar-refractivity contribution in [3.05, 3.63) is 0 Å². The van der Waals surface area contributed by atoms with Gasteiger partial charge < -0.3 is 9.64 Å². The molecule has 5 heteroatoms. The van der Waals surface area contributed by atoms with Crippen LogP contribution in [0.15, 0.2) is 0 Å². The molecule has 5 nitrogen and oxygen atoms in total. The van der Waals surface area contributed by atoms with Gasteiger partial charge in [0.05, 0.1) is 25.4 Å². The maximum absolute atomic E-state index is 12.6. The van der Waals surface area contributed by atoms with Gasteiger partial charge >= 0.3 is 0 Å². The van der Waals surface area contributed by atoms with Gasteiger partial charge in [-0.3, -0.25) is 15.0 Å². The van der Waals surface area contributed by atoms with Gasteiger partial charge in [0.1, 0.15) is 0 Å². The molecule has 0 saturated carbocycles. The van der Waals surface area contributed by atoms with Crippen molar-refractivity contribution in [3.63, 3.8) is 0 Å². The molecule has 2 rings (SSSR count). The van der Waals surface area contributed by atoms with Gasteiger partial charge in [-0.2, -0.15) is 0 Å². The van der Waals surface area contributed by atoms with Crippen LogP contribution in [0.2, 0.25) is 0 Å². The third-order valence-corrected chi connectivity index (χ3v) is 4.53. The second kappa shape index (κ2) is 8.11. The van der Waals surface area contributed by atoms with E-state index in [1.165, 1.54) is 0 Å². The highest BCUT2D eigenvalue weighted by Gasteiger charge is 2.39. The van der Waals surface area contributed by atoms with Crippen molar-refractivity contribution in [1.29, 1.82) is 0 Å². The number of morpholine rings is 1. The van der Waals surface area contributed by atoms with Crippen LogP contribution < -0.4 is 5.32 Å². The SMILES string of the molecule is CCCCC1NC(C(C)C)N(CCN2CCOCC2)C1=O. The van der Waals surface area contributed by atoms with Crippen LogP contribution in [0.5, 0.6) is 0 Å². The van der Waals surface area contributed by atoms with E-state index in [1.807, 2.05) is 0 Å². The van der Waals surface area contributed by atoms with Crippen LogP contribution in [-0.4, -0.2) is 67.3 Å². The summed E-state index contributed by atoms with van der Waals surface area (Å²) in [5, 5.41) is 3.55. The van der Waals surface area contributed by atoms with E-state index in [1.54, 1.807) is 0 Å². The minimum absolute atomic E-state index is 0.0297. The number of ether oxygens (including phenoxy) is 1. The van der Waals surface area contributed by atoms with Crippen molar-refractivity contribution in [3.8, 4) is 0 Å². The molecule has 2 unspecified atom stereocenters. The lowest BCUT2D eigenvalue weighted by Crippen LogP contribution is -2.47. The summed E-state index contributed by atoms with van der Waals surface area (Å²) in [4.78, 5) is 17.1. The lowest BCUT2D eigenvalue weighted by Gasteiger charge is -2.31. The molecule has 1 N–H and O–H groups in total.